The normalized spacial score (nSPS) is 16.3. The Morgan fingerprint density at radius 3 is 2.72 bits per heavy atom. The van der Waals surface area contributed by atoms with Crippen molar-refractivity contribution in [1.29, 1.82) is 0 Å². The molecule has 1 saturated carbocycles. The van der Waals surface area contributed by atoms with Crippen molar-refractivity contribution >= 4 is 11.7 Å². The Balaban J connectivity index is 2.03. The number of nitro groups is 1. The van der Waals surface area contributed by atoms with E-state index < -0.39 is 4.92 Å². The Labute approximate surface area is 104 Å². The van der Waals surface area contributed by atoms with Crippen molar-refractivity contribution in [3.8, 4) is 0 Å². The molecule has 2 rings (SSSR count). The number of amides is 1. The number of hydrogen-bond acceptors (Lipinski definition) is 4. The number of carbonyl (C=O) groups excluding carboxylic acids is 1. The average Bonchev–Trinajstić information content (AvgIpc) is 3.02. The summed E-state index contributed by atoms with van der Waals surface area (Å²) in [7, 11) is 1.48. The Hall–Kier alpha value is -1.89. The highest BCUT2D eigenvalue weighted by atomic mass is 16.6. The van der Waals surface area contributed by atoms with Gasteiger partial charge < -0.3 is 20.5 Å². The molecule has 0 bridgehead atoms. The van der Waals surface area contributed by atoms with Crippen molar-refractivity contribution in [2.45, 2.75) is 12.8 Å². The van der Waals surface area contributed by atoms with Crippen LogP contribution in [0.25, 0.3) is 0 Å². The van der Waals surface area contributed by atoms with Crippen molar-refractivity contribution in [2.24, 2.45) is 12.5 Å². The van der Waals surface area contributed by atoms with Crippen LogP contribution in [0.5, 0.6) is 0 Å². The van der Waals surface area contributed by atoms with Crippen molar-refractivity contribution < 1.29 is 14.8 Å². The van der Waals surface area contributed by atoms with Gasteiger partial charge in [0.15, 0.2) is 5.69 Å². The van der Waals surface area contributed by atoms with E-state index in [-0.39, 0.29) is 29.4 Å². The lowest BCUT2D eigenvalue weighted by Gasteiger charge is -2.11. The molecule has 2 N–H and O–H groups in total. The second-order valence-corrected chi connectivity index (χ2v) is 4.73. The van der Waals surface area contributed by atoms with Gasteiger partial charge in [-0.3, -0.25) is 4.79 Å². The number of carbonyl (C=O) groups is 1. The third-order valence-electron chi connectivity index (χ3n) is 3.43. The molecule has 0 aliphatic heterocycles. The van der Waals surface area contributed by atoms with E-state index in [2.05, 4.69) is 5.32 Å². The first-order chi connectivity index (χ1) is 8.49. The van der Waals surface area contributed by atoms with Crippen LogP contribution in [0.1, 0.15) is 23.3 Å². The molecule has 1 aromatic rings. The zero-order chi connectivity index (χ0) is 13.3. The van der Waals surface area contributed by atoms with E-state index in [1.807, 2.05) is 0 Å². The van der Waals surface area contributed by atoms with Gasteiger partial charge in [0.1, 0.15) is 0 Å². The fourth-order valence-electron chi connectivity index (χ4n) is 1.84. The topological polar surface area (TPSA) is 97.4 Å². The molecule has 0 unspecified atom stereocenters. The van der Waals surface area contributed by atoms with Crippen LogP contribution in [0, 0.1) is 15.5 Å². The number of aliphatic hydroxyl groups is 1. The monoisotopic (exact) mass is 253 g/mol. The molecule has 7 nitrogen and oxygen atoms in total. The minimum atomic E-state index is -0.535. The van der Waals surface area contributed by atoms with E-state index in [0.29, 0.717) is 6.54 Å². The molecule has 0 atom stereocenters. The van der Waals surface area contributed by atoms with Crippen LogP contribution < -0.4 is 5.32 Å². The summed E-state index contributed by atoms with van der Waals surface area (Å²) < 4.78 is 1.24. The van der Waals surface area contributed by atoms with Gasteiger partial charge in [-0.15, -0.1) is 0 Å². The third kappa shape index (κ3) is 2.21. The summed E-state index contributed by atoms with van der Waals surface area (Å²) >= 11 is 0. The summed E-state index contributed by atoms with van der Waals surface area (Å²) in [4.78, 5) is 22.0. The van der Waals surface area contributed by atoms with E-state index >= 15 is 0 Å². The zero-order valence-electron chi connectivity index (χ0n) is 10.0. The number of nitrogens with zero attached hydrogens (tertiary/aromatic N) is 2. The molecule has 1 heterocycles. The smallest absolute Gasteiger partial charge is 0.323 e. The first kappa shape index (κ1) is 12.6. The molecule has 98 valence electrons. The molecule has 1 aromatic heterocycles. The Bertz CT molecular complexity index is 490. The van der Waals surface area contributed by atoms with Gasteiger partial charge in [-0.25, -0.2) is 4.57 Å². The first-order valence-electron chi connectivity index (χ1n) is 5.68. The third-order valence-corrected chi connectivity index (χ3v) is 3.43. The van der Waals surface area contributed by atoms with Crippen LogP contribution in [0.2, 0.25) is 0 Å². The van der Waals surface area contributed by atoms with Gasteiger partial charge in [0.2, 0.25) is 0 Å². The maximum absolute atomic E-state index is 11.9. The number of aromatic nitrogens is 1. The highest BCUT2D eigenvalue weighted by Crippen LogP contribution is 2.44. The Morgan fingerprint density at radius 1 is 1.61 bits per heavy atom. The van der Waals surface area contributed by atoms with Gasteiger partial charge in [0.05, 0.1) is 13.7 Å². The maximum Gasteiger partial charge on any atom is 0.323 e. The lowest BCUT2D eigenvalue weighted by Crippen LogP contribution is -2.32. The molecule has 1 fully saturated rings. The highest BCUT2D eigenvalue weighted by molar-refractivity contribution is 5.93. The Morgan fingerprint density at radius 2 is 2.28 bits per heavy atom. The second-order valence-electron chi connectivity index (χ2n) is 4.73. The maximum atomic E-state index is 11.9. The predicted molar refractivity (Wildman–Crippen MR) is 63.2 cm³/mol. The van der Waals surface area contributed by atoms with Gasteiger partial charge in [0.25, 0.3) is 5.91 Å². The number of nitrogens with one attached hydrogen (secondary N) is 1. The fraction of sp³-hybridized carbons (Fsp3) is 0.545. The highest BCUT2D eigenvalue weighted by Gasteiger charge is 2.42. The summed E-state index contributed by atoms with van der Waals surface area (Å²) in [6, 6.07) is 2.72. The number of aliphatic hydroxyl groups excluding tert-OH is 1. The minimum absolute atomic E-state index is 0.0561. The molecule has 0 saturated heterocycles. The van der Waals surface area contributed by atoms with Gasteiger partial charge >= 0.3 is 5.82 Å². The second kappa shape index (κ2) is 4.41. The van der Waals surface area contributed by atoms with Crippen LogP contribution in [0.4, 0.5) is 5.82 Å². The van der Waals surface area contributed by atoms with Gasteiger partial charge in [-0.1, -0.05) is 0 Å². The SMILES string of the molecule is Cn1c(C(=O)NCC2(CO)CC2)ccc1[N+](=O)[O-]. The molecule has 0 spiro atoms. The average molecular weight is 253 g/mol. The standard InChI is InChI=1S/C11H15N3O4/c1-13-8(2-3-9(13)14(17)18)10(16)12-6-11(7-15)4-5-11/h2-3,15H,4-7H2,1H3,(H,12,16). The van der Waals surface area contributed by atoms with Gasteiger partial charge in [-0.05, 0) is 23.8 Å². The Kier molecular flexibility index (Phi) is 3.08. The van der Waals surface area contributed by atoms with Gasteiger partial charge in [-0.2, -0.15) is 0 Å². The van der Waals surface area contributed by atoms with Crippen LogP contribution in [-0.4, -0.2) is 33.7 Å². The molecule has 1 aliphatic rings. The van der Waals surface area contributed by atoms with Crippen LogP contribution in [0.3, 0.4) is 0 Å². The summed E-state index contributed by atoms with van der Waals surface area (Å²) in [5, 5.41) is 22.5. The van der Waals surface area contributed by atoms with Crippen LogP contribution in [0.15, 0.2) is 12.1 Å². The van der Waals surface area contributed by atoms with Crippen molar-refractivity contribution in [3.63, 3.8) is 0 Å². The van der Waals surface area contributed by atoms with Gasteiger partial charge in [0, 0.05) is 18.0 Å². The first-order valence-corrected chi connectivity index (χ1v) is 5.68. The van der Waals surface area contributed by atoms with E-state index in [4.69, 9.17) is 5.11 Å². The summed E-state index contributed by atoms with van der Waals surface area (Å²) in [6.07, 6.45) is 1.80. The van der Waals surface area contributed by atoms with E-state index in [9.17, 15) is 14.9 Å². The summed E-state index contributed by atoms with van der Waals surface area (Å²) in [5.74, 6) is -0.478. The van der Waals surface area contributed by atoms with Crippen molar-refractivity contribution in [3.05, 3.63) is 27.9 Å². The predicted octanol–water partition coefficient (Wildman–Crippen LogP) is 0.436. The number of hydrogen-bond donors (Lipinski definition) is 2. The molecule has 0 radical (unpaired) electrons. The quantitative estimate of drug-likeness (QED) is 0.587. The zero-order valence-corrected chi connectivity index (χ0v) is 10.0. The number of rotatable bonds is 5. The molecule has 7 heteroatoms. The van der Waals surface area contributed by atoms with Crippen molar-refractivity contribution in [2.75, 3.05) is 13.2 Å². The van der Waals surface area contributed by atoms with Crippen molar-refractivity contribution in [1.82, 2.24) is 9.88 Å². The van der Waals surface area contributed by atoms with Crippen LogP contribution in [-0.2, 0) is 7.05 Å². The lowest BCUT2D eigenvalue weighted by molar-refractivity contribution is -0.391. The molecule has 1 aliphatic carbocycles. The van der Waals surface area contributed by atoms with E-state index in [1.54, 1.807) is 0 Å². The summed E-state index contributed by atoms with van der Waals surface area (Å²) in [5.41, 5.74) is 0.0719. The largest absolute Gasteiger partial charge is 0.396 e. The fourth-order valence-corrected chi connectivity index (χ4v) is 1.84. The van der Waals surface area contributed by atoms with Crippen LogP contribution >= 0.6 is 0 Å². The minimum Gasteiger partial charge on any atom is -0.396 e. The molecule has 0 aromatic carbocycles. The molecule has 1 amide bonds. The molecule has 18 heavy (non-hydrogen) atoms. The molecular formula is C11H15N3O4. The van der Waals surface area contributed by atoms with E-state index in [0.717, 1.165) is 12.8 Å². The lowest BCUT2D eigenvalue weighted by atomic mass is 10.1. The summed E-state index contributed by atoms with van der Waals surface area (Å²) in [6.45, 7) is 0.460. The molecular weight excluding hydrogens is 238 g/mol. The van der Waals surface area contributed by atoms with E-state index in [1.165, 1.54) is 23.7 Å².